The van der Waals surface area contributed by atoms with Gasteiger partial charge in [0, 0.05) is 18.1 Å². The van der Waals surface area contributed by atoms with Crippen LogP contribution in [0.25, 0.3) is 0 Å². The summed E-state index contributed by atoms with van der Waals surface area (Å²) >= 11 is 0. The number of hydrogen-bond donors (Lipinski definition) is 2. The number of nitrogens with zero attached hydrogens (tertiary/aromatic N) is 1. The van der Waals surface area contributed by atoms with E-state index < -0.39 is 0 Å². The molecular formula is C15H30N2O. The molecule has 1 heterocycles. The molecule has 0 aromatic carbocycles. The maximum Gasteiger partial charge on any atom is 0.0613 e. The van der Waals surface area contributed by atoms with Gasteiger partial charge in [0.15, 0.2) is 0 Å². The highest BCUT2D eigenvalue weighted by Gasteiger charge is 2.40. The molecule has 2 unspecified atom stereocenters. The second-order valence-electron chi connectivity index (χ2n) is 7.10. The molecule has 2 N–H and O–H groups in total. The normalized spacial score (nSPS) is 37.0. The average Bonchev–Trinajstić information content (AvgIpc) is 2.70. The highest BCUT2D eigenvalue weighted by molar-refractivity contribution is 4.98. The molecule has 0 spiro atoms. The van der Waals surface area contributed by atoms with Crippen molar-refractivity contribution in [3.8, 4) is 0 Å². The average molecular weight is 254 g/mol. The second kappa shape index (κ2) is 5.48. The van der Waals surface area contributed by atoms with Crippen molar-refractivity contribution < 1.29 is 5.11 Å². The van der Waals surface area contributed by atoms with Gasteiger partial charge in [-0.25, -0.2) is 0 Å². The Hall–Kier alpha value is -0.120. The van der Waals surface area contributed by atoms with Crippen molar-refractivity contribution in [2.45, 2.75) is 64.5 Å². The highest BCUT2D eigenvalue weighted by atomic mass is 16.3. The Balaban J connectivity index is 1.98. The van der Waals surface area contributed by atoms with Crippen LogP contribution in [0.5, 0.6) is 0 Å². The third-order valence-electron chi connectivity index (χ3n) is 4.90. The molecule has 2 aliphatic rings. The van der Waals surface area contributed by atoms with E-state index >= 15 is 0 Å². The lowest BCUT2D eigenvalue weighted by Crippen LogP contribution is -2.55. The summed E-state index contributed by atoms with van der Waals surface area (Å²) in [5, 5.41) is 13.3. The molecule has 18 heavy (non-hydrogen) atoms. The van der Waals surface area contributed by atoms with E-state index in [2.05, 4.69) is 31.0 Å². The molecule has 3 nitrogen and oxygen atoms in total. The summed E-state index contributed by atoms with van der Waals surface area (Å²) in [4.78, 5) is 2.67. The fourth-order valence-corrected chi connectivity index (χ4v) is 3.84. The Morgan fingerprint density at radius 1 is 1.33 bits per heavy atom. The molecule has 1 aliphatic heterocycles. The number of rotatable bonds is 4. The number of likely N-dealkylation sites (N-methyl/N-ethyl adjacent to an activating group) is 1. The Bertz CT molecular complexity index is 276. The van der Waals surface area contributed by atoms with Crippen LogP contribution in [0.2, 0.25) is 0 Å². The second-order valence-corrected chi connectivity index (χ2v) is 7.10. The Morgan fingerprint density at radius 2 is 2.11 bits per heavy atom. The fourth-order valence-electron chi connectivity index (χ4n) is 3.84. The Labute approximate surface area is 112 Å². The van der Waals surface area contributed by atoms with Crippen LogP contribution in [0, 0.1) is 5.41 Å². The molecule has 2 rings (SSSR count). The molecule has 1 aliphatic carbocycles. The van der Waals surface area contributed by atoms with Crippen molar-refractivity contribution in [3.05, 3.63) is 0 Å². The largest absolute Gasteiger partial charge is 0.394 e. The maximum atomic E-state index is 9.75. The van der Waals surface area contributed by atoms with Gasteiger partial charge in [0.1, 0.15) is 0 Å². The minimum Gasteiger partial charge on any atom is -0.394 e. The van der Waals surface area contributed by atoms with Crippen LogP contribution in [0.1, 0.15) is 52.9 Å². The topological polar surface area (TPSA) is 35.5 Å². The SMILES string of the molecule is CCNC1(CO)CCCC(N2CCC(C)(C)C2)C1. The monoisotopic (exact) mass is 254 g/mol. The zero-order valence-corrected chi connectivity index (χ0v) is 12.3. The van der Waals surface area contributed by atoms with Crippen molar-refractivity contribution in [2.75, 3.05) is 26.2 Å². The first-order valence-corrected chi connectivity index (χ1v) is 7.60. The zero-order valence-electron chi connectivity index (χ0n) is 12.3. The Morgan fingerprint density at radius 3 is 2.67 bits per heavy atom. The molecule has 106 valence electrons. The predicted octanol–water partition coefficient (Wildman–Crippen LogP) is 2.00. The van der Waals surface area contributed by atoms with Gasteiger partial charge in [-0.05, 0) is 50.6 Å². The van der Waals surface area contributed by atoms with Gasteiger partial charge in [0.25, 0.3) is 0 Å². The smallest absolute Gasteiger partial charge is 0.0613 e. The van der Waals surface area contributed by atoms with Crippen LogP contribution in [-0.4, -0.2) is 47.8 Å². The molecule has 0 radical (unpaired) electrons. The molecule has 0 aromatic heterocycles. The van der Waals surface area contributed by atoms with E-state index in [4.69, 9.17) is 0 Å². The van der Waals surface area contributed by atoms with Crippen molar-refractivity contribution >= 4 is 0 Å². The molecule has 2 atom stereocenters. The minimum atomic E-state index is -0.00952. The lowest BCUT2D eigenvalue weighted by molar-refractivity contribution is 0.0663. The molecule has 0 aromatic rings. The first-order chi connectivity index (χ1) is 8.50. The standard InChI is InChI=1S/C15H30N2O/c1-4-16-15(12-18)7-5-6-13(10-15)17-9-8-14(2,3)11-17/h13,16,18H,4-12H2,1-3H3. The van der Waals surface area contributed by atoms with Crippen molar-refractivity contribution in [1.82, 2.24) is 10.2 Å². The minimum absolute atomic E-state index is 0.00952. The summed E-state index contributed by atoms with van der Waals surface area (Å²) in [5.74, 6) is 0. The van der Waals surface area contributed by atoms with Gasteiger partial charge in [-0.2, -0.15) is 0 Å². The van der Waals surface area contributed by atoms with E-state index in [-0.39, 0.29) is 12.1 Å². The summed E-state index contributed by atoms with van der Waals surface area (Å²) in [6.45, 7) is 10.6. The molecule has 2 fully saturated rings. The van der Waals surface area contributed by atoms with Crippen LogP contribution < -0.4 is 5.32 Å². The summed E-state index contributed by atoms with van der Waals surface area (Å²) in [6, 6.07) is 0.673. The fraction of sp³-hybridized carbons (Fsp3) is 1.00. The predicted molar refractivity (Wildman–Crippen MR) is 75.7 cm³/mol. The molecule has 0 amide bonds. The van der Waals surface area contributed by atoms with E-state index in [0.717, 1.165) is 19.4 Å². The molecular weight excluding hydrogens is 224 g/mol. The maximum absolute atomic E-state index is 9.75. The summed E-state index contributed by atoms with van der Waals surface area (Å²) in [6.07, 6.45) is 6.12. The molecule has 0 bridgehead atoms. The van der Waals surface area contributed by atoms with Gasteiger partial charge in [0.05, 0.1) is 6.61 Å². The zero-order chi connectivity index (χ0) is 13.2. The molecule has 1 saturated heterocycles. The van der Waals surface area contributed by atoms with Crippen LogP contribution in [0.4, 0.5) is 0 Å². The Kier molecular flexibility index (Phi) is 4.35. The molecule has 1 saturated carbocycles. The van der Waals surface area contributed by atoms with E-state index in [9.17, 15) is 5.11 Å². The first kappa shape index (κ1) is 14.3. The number of nitrogens with one attached hydrogen (secondary N) is 1. The third-order valence-corrected chi connectivity index (χ3v) is 4.90. The summed E-state index contributed by atoms with van der Waals surface area (Å²) in [5.41, 5.74) is 0.474. The van der Waals surface area contributed by atoms with Crippen molar-refractivity contribution in [3.63, 3.8) is 0 Å². The van der Waals surface area contributed by atoms with Crippen LogP contribution in [-0.2, 0) is 0 Å². The number of hydrogen-bond acceptors (Lipinski definition) is 3. The van der Waals surface area contributed by atoms with Gasteiger partial charge < -0.3 is 10.4 Å². The van der Waals surface area contributed by atoms with Crippen molar-refractivity contribution in [1.29, 1.82) is 0 Å². The van der Waals surface area contributed by atoms with E-state index in [1.807, 2.05) is 0 Å². The van der Waals surface area contributed by atoms with Crippen LogP contribution in [0.3, 0.4) is 0 Å². The van der Waals surface area contributed by atoms with Crippen LogP contribution >= 0.6 is 0 Å². The van der Waals surface area contributed by atoms with E-state index in [1.165, 1.54) is 32.4 Å². The lowest BCUT2D eigenvalue weighted by atomic mass is 9.78. The lowest BCUT2D eigenvalue weighted by Gasteiger charge is -2.43. The summed E-state index contributed by atoms with van der Waals surface area (Å²) < 4.78 is 0. The number of aliphatic hydroxyl groups excluding tert-OH is 1. The molecule has 3 heteroatoms. The van der Waals surface area contributed by atoms with Gasteiger partial charge in [-0.15, -0.1) is 0 Å². The van der Waals surface area contributed by atoms with Gasteiger partial charge in [-0.1, -0.05) is 20.8 Å². The number of likely N-dealkylation sites (tertiary alicyclic amines) is 1. The van der Waals surface area contributed by atoms with E-state index in [0.29, 0.717) is 11.5 Å². The van der Waals surface area contributed by atoms with E-state index in [1.54, 1.807) is 0 Å². The summed E-state index contributed by atoms with van der Waals surface area (Å²) in [7, 11) is 0. The number of aliphatic hydroxyl groups is 1. The van der Waals surface area contributed by atoms with Gasteiger partial charge >= 0.3 is 0 Å². The van der Waals surface area contributed by atoms with Crippen LogP contribution in [0.15, 0.2) is 0 Å². The quantitative estimate of drug-likeness (QED) is 0.805. The highest BCUT2D eigenvalue weighted by Crippen LogP contribution is 2.36. The van der Waals surface area contributed by atoms with Gasteiger partial charge in [0.2, 0.25) is 0 Å². The first-order valence-electron chi connectivity index (χ1n) is 7.60. The van der Waals surface area contributed by atoms with Gasteiger partial charge in [-0.3, -0.25) is 4.90 Å². The van der Waals surface area contributed by atoms with Crippen molar-refractivity contribution in [2.24, 2.45) is 5.41 Å². The third kappa shape index (κ3) is 3.06.